The molecule has 9 heteroatoms. The van der Waals surface area contributed by atoms with Gasteiger partial charge in [0.15, 0.2) is 0 Å². The summed E-state index contributed by atoms with van der Waals surface area (Å²) in [5.74, 6) is -0.221. The van der Waals surface area contributed by atoms with E-state index < -0.39 is 10.0 Å². The van der Waals surface area contributed by atoms with Crippen LogP contribution in [0.2, 0.25) is 10.0 Å². The maximum absolute atomic E-state index is 12.1. The maximum Gasteiger partial charge on any atom is 0.242 e. The smallest absolute Gasteiger partial charge is 0.242 e. The number of nitrogens with one attached hydrogen (secondary N) is 2. The number of nitrogens with two attached hydrogens (primary N) is 1. The highest BCUT2D eigenvalue weighted by Crippen LogP contribution is 2.32. The average Bonchev–Trinajstić information content (AvgIpc) is 2.42. The average molecular weight is 354 g/mol. The Kier molecular flexibility index (Phi) is 6.73. The van der Waals surface area contributed by atoms with Gasteiger partial charge in [-0.05, 0) is 18.6 Å². The van der Waals surface area contributed by atoms with Gasteiger partial charge in [0.1, 0.15) is 4.90 Å². The molecular formula is C12H17Cl2N3O3S. The molecule has 6 nitrogen and oxygen atoms in total. The standard InChI is InChI=1S/C12H17Cl2N3O3S/c1-2-6-16-10(18)5-7-17-21(19,20)9-4-3-8(13)12(15)11(9)14/h3-4,17H,2,5-7,15H2,1H3,(H,16,18). The Hall–Kier alpha value is -1.02. The third kappa shape index (κ3) is 5.03. The molecule has 0 bridgehead atoms. The number of carbonyl (C=O) groups is 1. The second-order valence-corrected chi connectivity index (χ2v) is 6.79. The van der Waals surface area contributed by atoms with E-state index in [1.54, 1.807) is 0 Å². The molecule has 0 saturated heterocycles. The second kappa shape index (κ2) is 7.84. The summed E-state index contributed by atoms with van der Waals surface area (Å²) in [6, 6.07) is 2.62. The van der Waals surface area contributed by atoms with Gasteiger partial charge in [-0.15, -0.1) is 0 Å². The predicted molar refractivity (Wildman–Crippen MR) is 84.0 cm³/mol. The highest BCUT2D eigenvalue weighted by molar-refractivity contribution is 7.89. The van der Waals surface area contributed by atoms with Crippen LogP contribution in [0.3, 0.4) is 0 Å². The fourth-order valence-corrected chi connectivity index (χ4v) is 3.28. The first-order chi connectivity index (χ1) is 9.79. The predicted octanol–water partition coefficient (Wildman–Crippen LogP) is 1.77. The van der Waals surface area contributed by atoms with Crippen LogP contribution in [0.4, 0.5) is 5.69 Å². The van der Waals surface area contributed by atoms with E-state index in [2.05, 4.69) is 10.0 Å². The number of benzene rings is 1. The van der Waals surface area contributed by atoms with Crippen molar-refractivity contribution in [1.29, 1.82) is 0 Å². The Balaban J connectivity index is 2.71. The van der Waals surface area contributed by atoms with Crippen molar-refractivity contribution >= 4 is 44.8 Å². The van der Waals surface area contributed by atoms with Gasteiger partial charge in [0, 0.05) is 19.5 Å². The first kappa shape index (κ1) is 18.0. The zero-order chi connectivity index (χ0) is 16.0. The molecule has 0 saturated carbocycles. The summed E-state index contributed by atoms with van der Waals surface area (Å²) in [5.41, 5.74) is 5.59. The van der Waals surface area contributed by atoms with Gasteiger partial charge >= 0.3 is 0 Å². The topological polar surface area (TPSA) is 101 Å². The van der Waals surface area contributed by atoms with E-state index in [0.717, 1.165) is 6.42 Å². The summed E-state index contributed by atoms with van der Waals surface area (Å²) < 4.78 is 26.5. The van der Waals surface area contributed by atoms with Crippen LogP contribution in [0, 0.1) is 0 Å². The van der Waals surface area contributed by atoms with Gasteiger partial charge in [-0.1, -0.05) is 30.1 Å². The van der Waals surface area contributed by atoms with Crippen LogP contribution in [-0.2, 0) is 14.8 Å². The SMILES string of the molecule is CCCNC(=O)CCNS(=O)(=O)c1ccc(Cl)c(N)c1Cl. The molecule has 0 fully saturated rings. The fraction of sp³-hybridized carbons (Fsp3) is 0.417. The van der Waals surface area contributed by atoms with Crippen LogP contribution in [0.1, 0.15) is 19.8 Å². The Bertz CT molecular complexity index is 620. The number of halogens is 2. The number of amides is 1. The molecule has 0 radical (unpaired) electrons. The van der Waals surface area contributed by atoms with Crippen LogP contribution in [0.15, 0.2) is 17.0 Å². The molecular weight excluding hydrogens is 337 g/mol. The van der Waals surface area contributed by atoms with E-state index in [4.69, 9.17) is 28.9 Å². The minimum Gasteiger partial charge on any atom is -0.396 e. The molecule has 0 unspecified atom stereocenters. The second-order valence-electron chi connectivity index (χ2n) is 4.27. The summed E-state index contributed by atoms with van der Waals surface area (Å²) in [7, 11) is -3.85. The molecule has 0 aliphatic heterocycles. The summed E-state index contributed by atoms with van der Waals surface area (Å²) in [6.07, 6.45) is 0.858. The van der Waals surface area contributed by atoms with Crippen molar-refractivity contribution in [3.8, 4) is 0 Å². The van der Waals surface area contributed by atoms with E-state index >= 15 is 0 Å². The third-order valence-corrected chi connectivity index (χ3v) is 4.95. The van der Waals surface area contributed by atoms with Gasteiger partial charge in [-0.25, -0.2) is 13.1 Å². The van der Waals surface area contributed by atoms with Gasteiger partial charge in [0.25, 0.3) is 0 Å². The van der Waals surface area contributed by atoms with Crippen molar-refractivity contribution in [1.82, 2.24) is 10.0 Å². The van der Waals surface area contributed by atoms with Crippen LogP contribution in [0.5, 0.6) is 0 Å². The quantitative estimate of drug-likeness (QED) is 0.650. The number of hydrogen-bond donors (Lipinski definition) is 3. The molecule has 1 rings (SSSR count). The first-order valence-corrected chi connectivity index (χ1v) is 8.53. The Morgan fingerprint density at radius 2 is 1.95 bits per heavy atom. The van der Waals surface area contributed by atoms with Crippen molar-refractivity contribution in [2.75, 3.05) is 18.8 Å². The normalized spacial score (nSPS) is 11.4. The summed E-state index contributed by atoms with van der Waals surface area (Å²) in [5, 5.41) is 2.69. The van der Waals surface area contributed by atoms with Crippen LogP contribution < -0.4 is 15.8 Å². The molecule has 0 spiro atoms. The molecule has 1 amide bonds. The summed E-state index contributed by atoms with van der Waals surface area (Å²) >= 11 is 11.6. The molecule has 21 heavy (non-hydrogen) atoms. The van der Waals surface area contributed by atoms with Crippen LogP contribution in [-0.4, -0.2) is 27.4 Å². The van der Waals surface area contributed by atoms with Gasteiger partial charge in [-0.2, -0.15) is 0 Å². The molecule has 0 aliphatic rings. The lowest BCUT2D eigenvalue weighted by Crippen LogP contribution is -2.31. The molecule has 1 aromatic carbocycles. The number of nitrogen functional groups attached to an aromatic ring is 1. The Labute approximate surface area is 134 Å². The van der Waals surface area contributed by atoms with E-state index in [-0.39, 0.29) is 39.5 Å². The van der Waals surface area contributed by atoms with Gasteiger partial charge in [0.2, 0.25) is 15.9 Å². The molecule has 0 aliphatic carbocycles. The van der Waals surface area contributed by atoms with Gasteiger partial charge in [0.05, 0.1) is 15.7 Å². The lowest BCUT2D eigenvalue weighted by Gasteiger charge is -2.10. The minimum absolute atomic E-state index is 0.00176. The van der Waals surface area contributed by atoms with Crippen LogP contribution in [0.25, 0.3) is 0 Å². The molecule has 118 valence electrons. The summed E-state index contributed by atoms with van der Waals surface area (Å²) in [4.78, 5) is 11.2. The largest absolute Gasteiger partial charge is 0.396 e. The first-order valence-electron chi connectivity index (χ1n) is 6.29. The number of rotatable bonds is 7. The van der Waals surface area contributed by atoms with Crippen molar-refractivity contribution in [2.24, 2.45) is 0 Å². The Morgan fingerprint density at radius 3 is 2.57 bits per heavy atom. The van der Waals surface area contributed by atoms with Gasteiger partial charge in [-0.3, -0.25) is 4.79 Å². The molecule has 0 heterocycles. The highest BCUT2D eigenvalue weighted by atomic mass is 35.5. The third-order valence-electron chi connectivity index (χ3n) is 2.60. The number of anilines is 1. The van der Waals surface area contributed by atoms with E-state index in [9.17, 15) is 13.2 Å². The fourth-order valence-electron chi connectivity index (χ4n) is 1.49. The van der Waals surface area contributed by atoms with E-state index in [1.165, 1.54) is 12.1 Å². The molecule has 0 atom stereocenters. The minimum atomic E-state index is -3.85. The molecule has 4 N–H and O–H groups in total. The molecule has 1 aromatic rings. The molecule has 0 aromatic heterocycles. The maximum atomic E-state index is 12.1. The van der Waals surface area contributed by atoms with Crippen LogP contribution >= 0.6 is 23.2 Å². The van der Waals surface area contributed by atoms with Gasteiger partial charge < -0.3 is 11.1 Å². The zero-order valence-electron chi connectivity index (χ0n) is 11.4. The number of carbonyl (C=O) groups excluding carboxylic acids is 1. The lowest BCUT2D eigenvalue weighted by molar-refractivity contribution is -0.120. The van der Waals surface area contributed by atoms with Crippen molar-refractivity contribution in [2.45, 2.75) is 24.7 Å². The van der Waals surface area contributed by atoms with E-state index in [0.29, 0.717) is 6.54 Å². The van der Waals surface area contributed by atoms with Crippen molar-refractivity contribution in [3.05, 3.63) is 22.2 Å². The zero-order valence-corrected chi connectivity index (χ0v) is 13.8. The van der Waals surface area contributed by atoms with Crippen molar-refractivity contribution in [3.63, 3.8) is 0 Å². The Morgan fingerprint density at radius 1 is 1.29 bits per heavy atom. The highest BCUT2D eigenvalue weighted by Gasteiger charge is 2.20. The summed E-state index contributed by atoms with van der Waals surface area (Å²) in [6.45, 7) is 2.46. The van der Waals surface area contributed by atoms with E-state index in [1.807, 2.05) is 6.92 Å². The number of sulfonamides is 1. The van der Waals surface area contributed by atoms with Crippen molar-refractivity contribution < 1.29 is 13.2 Å². The monoisotopic (exact) mass is 353 g/mol. The number of hydrogen-bond acceptors (Lipinski definition) is 4. The lowest BCUT2D eigenvalue weighted by atomic mass is 10.3.